The van der Waals surface area contributed by atoms with Gasteiger partial charge >= 0.3 is 0 Å². The number of non-ortho nitro benzene ring substituents is 1. The Morgan fingerprint density at radius 3 is 2.23 bits per heavy atom. The van der Waals surface area contributed by atoms with Gasteiger partial charge in [-0.1, -0.05) is 18.2 Å². The van der Waals surface area contributed by atoms with Crippen molar-refractivity contribution in [2.75, 3.05) is 0 Å². The Morgan fingerprint density at radius 1 is 0.903 bits per heavy atom. The summed E-state index contributed by atoms with van der Waals surface area (Å²) in [5.74, 6) is -1.75. The summed E-state index contributed by atoms with van der Waals surface area (Å²) < 4.78 is 26.8. The fourth-order valence-corrected chi connectivity index (χ4v) is 4.42. The van der Waals surface area contributed by atoms with Crippen LogP contribution >= 0.6 is 0 Å². The third-order valence-electron chi connectivity index (χ3n) is 4.65. The largest absolute Gasteiger partial charge is 0.285 e. The number of ketones is 2. The first-order valence-corrected chi connectivity index (χ1v) is 10.3. The molecule has 2 heterocycles. The Hall–Kier alpha value is -4.18. The van der Waals surface area contributed by atoms with Crippen LogP contribution in [0, 0.1) is 10.1 Å². The molecule has 0 atom stereocenters. The average molecular weight is 435 g/mol. The molecule has 0 unspecified atom stereocenters. The zero-order valence-corrected chi connectivity index (χ0v) is 16.5. The van der Waals surface area contributed by atoms with Crippen molar-refractivity contribution in [2.45, 2.75) is 4.90 Å². The first kappa shape index (κ1) is 20.1. The molecule has 31 heavy (non-hydrogen) atoms. The summed E-state index contributed by atoms with van der Waals surface area (Å²) in [6, 6.07) is 15.1. The second kappa shape index (κ2) is 7.58. The molecule has 0 saturated heterocycles. The van der Waals surface area contributed by atoms with Crippen molar-refractivity contribution in [3.63, 3.8) is 0 Å². The molecule has 0 radical (unpaired) electrons. The minimum atomic E-state index is -3.96. The fraction of sp³-hybridized carbons (Fsp3) is 0. The van der Waals surface area contributed by atoms with Crippen LogP contribution in [-0.2, 0) is 10.0 Å². The van der Waals surface area contributed by atoms with Gasteiger partial charge in [0.2, 0.25) is 11.6 Å². The number of Topliss-reactive ketones (excluding diaryl/α,β-unsaturated/α-hetero) is 2. The molecule has 0 aliphatic rings. The number of nitro groups is 1. The van der Waals surface area contributed by atoms with Crippen LogP contribution < -0.4 is 0 Å². The molecule has 4 aromatic rings. The van der Waals surface area contributed by atoms with Crippen molar-refractivity contribution in [3.05, 3.63) is 100 Å². The first-order valence-electron chi connectivity index (χ1n) is 8.91. The highest BCUT2D eigenvalue weighted by Crippen LogP contribution is 2.24. The Kier molecular flexibility index (Phi) is 4.91. The van der Waals surface area contributed by atoms with Gasteiger partial charge in [0.25, 0.3) is 15.7 Å². The highest BCUT2D eigenvalue weighted by Gasteiger charge is 2.25. The first-order chi connectivity index (χ1) is 14.8. The topological polar surface area (TPSA) is 129 Å². The fourth-order valence-electron chi connectivity index (χ4n) is 3.10. The lowest BCUT2D eigenvalue weighted by Gasteiger charge is -2.07. The van der Waals surface area contributed by atoms with Crippen molar-refractivity contribution < 1.29 is 22.9 Å². The van der Waals surface area contributed by atoms with E-state index in [0.717, 1.165) is 16.1 Å². The summed E-state index contributed by atoms with van der Waals surface area (Å²) >= 11 is 0. The zero-order chi connectivity index (χ0) is 22.2. The van der Waals surface area contributed by atoms with Gasteiger partial charge in [-0.2, -0.15) is 0 Å². The monoisotopic (exact) mass is 435 g/mol. The Bertz CT molecular complexity index is 1440. The number of carbonyl (C=O) groups excluding carboxylic acids is 2. The second-order valence-corrected chi connectivity index (χ2v) is 8.30. The van der Waals surface area contributed by atoms with Crippen molar-refractivity contribution in [3.8, 4) is 0 Å². The van der Waals surface area contributed by atoms with Gasteiger partial charge in [0.1, 0.15) is 0 Å². The van der Waals surface area contributed by atoms with Gasteiger partial charge in [-0.3, -0.25) is 19.7 Å². The number of fused-ring (bicyclic) bond motifs is 1. The number of rotatable bonds is 6. The van der Waals surface area contributed by atoms with E-state index in [1.807, 2.05) is 0 Å². The normalized spacial score (nSPS) is 11.4. The van der Waals surface area contributed by atoms with Crippen LogP contribution in [0.1, 0.15) is 20.7 Å². The molecular weight excluding hydrogens is 422 g/mol. The van der Waals surface area contributed by atoms with Crippen LogP contribution in [0.25, 0.3) is 11.0 Å². The highest BCUT2D eigenvalue weighted by atomic mass is 32.2. The molecule has 0 fully saturated rings. The van der Waals surface area contributed by atoms with Crippen molar-refractivity contribution in [2.24, 2.45) is 0 Å². The van der Waals surface area contributed by atoms with Crippen molar-refractivity contribution in [1.82, 2.24) is 8.96 Å². The maximum Gasteiger partial charge on any atom is 0.269 e. The third-order valence-corrected chi connectivity index (χ3v) is 6.33. The summed E-state index contributed by atoms with van der Waals surface area (Å²) in [7, 11) is -3.96. The summed E-state index contributed by atoms with van der Waals surface area (Å²) in [6.45, 7) is 0. The predicted octanol–water partition coefficient (Wildman–Crippen LogP) is 3.25. The van der Waals surface area contributed by atoms with Gasteiger partial charge in [0, 0.05) is 41.0 Å². The smallest absolute Gasteiger partial charge is 0.269 e. The molecule has 154 valence electrons. The van der Waals surface area contributed by atoms with Crippen LogP contribution in [0.4, 0.5) is 5.69 Å². The van der Waals surface area contributed by atoms with E-state index in [4.69, 9.17) is 0 Å². The number of aromatic nitrogens is 2. The number of hydrogen-bond acceptors (Lipinski definition) is 7. The van der Waals surface area contributed by atoms with Gasteiger partial charge in [0.15, 0.2) is 5.65 Å². The van der Waals surface area contributed by atoms with E-state index in [1.165, 1.54) is 48.8 Å². The SMILES string of the molecule is O=C(C(=O)c1ccnc2c1ccn2S(=O)(=O)c1ccccc1)c1ccc([N+](=O)[O-])cc1. The summed E-state index contributed by atoms with van der Waals surface area (Å²) in [5.41, 5.74) is -0.239. The number of hydrogen-bond donors (Lipinski definition) is 0. The van der Waals surface area contributed by atoms with Crippen LogP contribution in [0.5, 0.6) is 0 Å². The molecule has 0 amide bonds. The minimum Gasteiger partial charge on any atom is -0.285 e. The molecule has 0 N–H and O–H groups in total. The lowest BCUT2D eigenvalue weighted by atomic mass is 10.0. The second-order valence-electron chi connectivity index (χ2n) is 6.49. The van der Waals surface area contributed by atoms with Gasteiger partial charge in [-0.25, -0.2) is 17.4 Å². The third kappa shape index (κ3) is 3.49. The predicted molar refractivity (Wildman–Crippen MR) is 111 cm³/mol. The quantitative estimate of drug-likeness (QED) is 0.197. The van der Waals surface area contributed by atoms with E-state index in [0.29, 0.717) is 0 Å². The van der Waals surface area contributed by atoms with E-state index in [9.17, 15) is 28.1 Å². The molecule has 0 aliphatic carbocycles. The van der Waals surface area contributed by atoms with E-state index < -0.39 is 26.5 Å². The number of nitrogens with zero attached hydrogens (tertiary/aromatic N) is 3. The molecule has 9 nitrogen and oxygen atoms in total. The number of benzene rings is 2. The highest BCUT2D eigenvalue weighted by molar-refractivity contribution is 7.90. The molecule has 0 bridgehead atoms. The number of pyridine rings is 1. The molecule has 10 heteroatoms. The van der Waals surface area contributed by atoms with Gasteiger partial charge in [-0.15, -0.1) is 0 Å². The molecule has 4 rings (SSSR count). The van der Waals surface area contributed by atoms with E-state index in [1.54, 1.807) is 18.2 Å². The summed E-state index contributed by atoms with van der Waals surface area (Å²) in [6.07, 6.45) is 2.52. The molecular formula is C21H13N3O6S. The van der Waals surface area contributed by atoms with Crippen molar-refractivity contribution >= 4 is 38.3 Å². The lowest BCUT2D eigenvalue weighted by molar-refractivity contribution is -0.384. The van der Waals surface area contributed by atoms with E-state index >= 15 is 0 Å². The number of carbonyl (C=O) groups is 2. The Balaban J connectivity index is 1.75. The molecule has 2 aromatic carbocycles. The van der Waals surface area contributed by atoms with Gasteiger partial charge in [-0.05, 0) is 36.4 Å². The Labute approximate surface area is 175 Å². The maximum atomic E-state index is 12.9. The maximum absolute atomic E-state index is 12.9. The zero-order valence-electron chi connectivity index (χ0n) is 15.7. The molecule has 0 spiro atoms. The van der Waals surface area contributed by atoms with Crippen LogP contribution in [0.15, 0.2) is 84.0 Å². The lowest BCUT2D eigenvalue weighted by Crippen LogP contribution is -2.16. The van der Waals surface area contributed by atoms with Crippen LogP contribution in [-0.4, -0.2) is 33.9 Å². The standard InChI is InChI=1S/C21H13N3O6S/c25-19(14-6-8-15(9-7-14)24(27)28)20(26)17-10-12-22-21-18(17)11-13-23(21)31(29,30)16-4-2-1-3-5-16/h1-13H. The summed E-state index contributed by atoms with van der Waals surface area (Å²) in [4.78, 5) is 39.8. The molecule has 2 aromatic heterocycles. The average Bonchev–Trinajstić information content (AvgIpc) is 3.24. The minimum absolute atomic E-state index is 0.00574. The summed E-state index contributed by atoms with van der Waals surface area (Å²) in [5, 5.41) is 11.0. The van der Waals surface area contributed by atoms with Crippen molar-refractivity contribution in [1.29, 1.82) is 0 Å². The molecule has 0 aliphatic heterocycles. The van der Waals surface area contributed by atoms with Gasteiger partial charge < -0.3 is 0 Å². The van der Waals surface area contributed by atoms with E-state index in [-0.39, 0.29) is 32.7 Å². The Morgan fingerprint density at radius 2 is 1.58 bits per heavy atom. The van der Waals surface area contributed by atoms with Crippen LogP contribution in [0.2, 0.25) is 0 Å². The molecule has 0 saturated carbocycles. The van der Waals surface area contributed by atoms with Gasteiger partial charge in [0.05, 0.1) is 9.82 Å². The number of nitro benzene ring substituents is 1. The van der Waals surface area contributed by atoms with E-state index in [2.05, 4.69) is 4.98 Å². The van der Waals surface area contributed by atoms with Crippen LogP contribution in [0.3, 0.4) is 0 Å².